The van der Waals surface area contributed by atoms with Crippen molar-refractivity contribution in [3.8, 4) is 0 Å². The third-order valence-electron chi connectivity index (χ3n) is 6.07. The molecule has 29 heavy (non-hydrogen) atoms. The van der Waals surface area contributed by atoms with Gasteiger partial charge in [0.15, 0.2) is 0 Å². The van der Waals surface area contributed by atoms with E-state index in [1.807, 2.05) is 30.3 Å². The molecule has 3 aromatic rings. The molecule has 0 unspecified atom stereocenters. The first-order valence-corrected chi connectivity index (χ1v) is 14.6. The number of anilines is 1. The summed E-state index contributed by atoms with van der Waals surface area (Å²) in [5.74, 6) is 0. The van der Waals surface area contributed by atoms with Crippen LogP contribution >= 0.6 is 15.9 Å². The summed E-state index contributed by atoms with van der Waals surface area (Å²) < 4.78 is 30.4. The number of aromatic nitrogens is 1. The Morgan fingerprint density at radius 3 is 2.66 bits per heavy atom. The normalized spacial score (nSPS) is 17.0. The molecule has 0 spiro atoms. The Morgan fingerprint density at radius 1 is 1.14 bits per heavy atom. The van der Waals surface area contributed by atoms with E-state index in [9.17, 15) is 8.42 Å². The molecule has 7 heteroatoms. The van der Waals surface area contributed by atoms with Crippen molar-refractivity contribution in [1.82, 2.24) is 4.98 Å². The summed E-state index contributed by atoms with van der Waals surface area (Å²) in [5.41, 5.74) is 2.89. The van der Waals surface area contributed by atoms with Gasteiger partial charge in [-0.3, -0.25) is 9.29 Å². The fourth-order valence-corrected chi connectivity index (χ4v) is 9.82. The van der Waals surface area contributed by atoms with Crippen molar-refractivity contribution < 1.29 is 8.42 Å². The summed E-state index contributed by atoms with van der Waals surface area (Å²) in [7, 11) is -4.76. The highest BCUT2D eigenvalue weighted by Crippen LogP contribution is 2.40. The Kier molecular flexibility index (Phi) is 5.82. The third kappa shape index (κ3) is 3.76. The summed E-state index contributed by atoms with van der Waals surface area (Å²) in [4.78, 5) is 4.68. The lowest BCUT2D eigenvalue weighted by Gasteiger charge is -2.38. The molecule has 0 saturated heterocycles. The second-order valence-electron chi connectivity index (χ2n) is 7.68. The number of benzene rings is 2. The van der Waals surface area contributed by atoms with Crippen molar-refractivity contribution in [2.24, 2.45) is 0 Å². The molecule has 152 valence electrons. The van der Waals surface area contributed by atoms with Crippen LogP contribution in [0.1, 0.15) is 19.4 Å². The second kappa shape index (κ2) is 8.20. The van der Waals surface area contributed by atoms with E-state index < -0.39 is 18.8 Å². The smallest absolute Gasteiger partial charge is 0.266 e. The van der Waals surface area contributed by atoms with E-state index in [4.69, 9.17) is 0 Å². The number of hydrogen-bond donors (Lipinski definition) is 0. The van der Waals surface area contributed by atoms with Crippen LogP contribution in [0.3, 0.4) is 0 Å². The number of nitrogens with zero attached hydrogens (tertiary/aromatic N) is 2. The van der Waals surface area contributed by atoms with E-state index in [0.717, 1.165) is 27.5 Å². The van der Waals surface area contributed by atoms with E-state index in [0.29, 0.717) is 17.6 Å². The molecule has 0 bridgehead atoms. The molecule has 4 nitrogen and oxygen atoms in total. The van der Waals surface area contributed by atoms with Gasteiger partial charge in [0.05, 0.1) is 11.2 Å². The number of halogens is 1. The molecule has 0 radical (unpaired) electrons. The summed E-state index contributed by atoms with van der Waals surface area (Å²) in [6, 6.07) is 17.5. The first-order valence-electron chi connectivity index (χ1n) is 10.1. The first-order chi connectivity index (χ1) is 14.0. The van der Waals surface area contributed by atoms with Crippen LogP contribution in [-0.4, -0.2) is 28.7 Å². The van der Waals surface area contributed by atoms with Crippen molar-refractivity contribution in [3.05, 3.63) is 64.8 Å². The zero-order valence-corrected chi connectivity index (χ0v) is 20.2. The maximum Gasteiger partial charge on any atom is 0.266 e. The average molecular weight is 490 g/mol. The molecule has 4 rings (SSSR count). The van der Waals surface area contributed by atoms with Gasteiger partial charge in [0, 0.05) is 31.4 Å². The number of fused-ring (bicyclic) bond motifs is 2. The number of sulfonamides is 1. The lowest BCUT2D eigenvalue weighted by atomic mass is 10.0. The molecular formula is C22H25BrN2O2SSi. The monoisotopic (exact) mass is 488 g/mol. The SMILES string of the molecule is CC[SiH](CC)[C@@H]1Cc2cc(Br)ccc2N(S(=O)(=O)c2cccc3cccnc23)C1. The predicted octanol–water partition coefficient (Wildman–Crippen LogP) is 5.39. The van der Waals surface area contributed by atoms with Crippen molar-refractivity contribution in [2.45, 2.75) is 42.8 Å². The van der Waals surface area contributed by atoms with Gasteiger partial charge in [-0.1, -0.05) is 60.1 Å². The van der Waals surface area contributed by atoms with Gasteiger partial charge in [-0.2, -0.15) is 0 Å². The number of rotatable bonds is 5. The van der Waals surface area contributed by atoms with E-state index in [-0.39, 0.29) is 4.90 Å². The molecule has 0 amide bonds. The molecule has 0 aliphatic carbocycles. The first kappa shape index (κ1) is 20.6. The summed E-state index contributed by atoms with van der Waals surface area (Å²) in [6.45, 7) is 5.08. The van der Waals surface area contributed by atoms with Gasteiger partial charge in [-0.05, 0) is 47.9 Å². The molecule has 0 N–H and O–H groups in total. The Hall–Kier alpha value is -1.70. The van der Waals surface area contributed by atoms with Crippen molar-refractivity contribution in [3.63, 3.8) is 0 Å². The van der Waals surface area contributed by atoms with Gasteiger partial charge in [-0.25, -0.2) is 8.42 Å². The Labute approximate surface area is 182 Å². The van der Waals surface area contributed by atoms with Crippen molar-refractivity contribution >= 4 is 51.3 Å². The Balaban J connectivity index is 1.87. The molecule has 1 aliphatic rings. The van der Waals surface area contributed by atoms with Gasteiger partial charge < -0.3 is 0 Å². The highest BCUT2D eigenvalue weighted by Gasteiger charge is 2.36. The van der Waals surface area contributed by atoms with Crippen molar-refractivity contribution in [1.29, 1.82) is 0 Å². The van der Waals surface area contributed by atoms with E-state index in [1.54, 1.807) is 22.6 Å². The fourth-order valence-electron chi connectivity index (χ4n) is 4.52. The van der Waals surface area contributed by atoms with E-state index in [1.165, 1.54) is 12.1 Å². The van der Waals surface area contributed by atoms with Gasteiger partial charge in [0.25, 0.3) is 10.0 Å². The maximum absolute atomic E-state index is 13.9. The van der Waals surface area contributed by atoms with Crippen LogP contribution in [0.5, 0.6) is 0 Å². The highest BCUT2D eigenvalue weighted by atomic mass is 79.9. The van der Waals surface area contributed by atoms with Gasteiger partial charge in [-0.15, -0.1) is 0 Å². The minimum Gasteiger partial charge on any atom is -0.266 e. The standard InChI is InChI=1S/C22H25BrN2O2SSi/c1-3-29(4-2)19-14-17-13-18(23)10-11-20(17)25(15-19)28(26,27)21-9-5-7-16-8-6-12-24-22(16)21/h5-13,19,29H,3-4,14-15H2,1-2H3/t19-/m1/s1. The Morgan fingerprint density at radius 2 is 1.90 bits per heavy atom. The fraction of sp³-hybridized carbons (Fsp3) is 0.318. The topological polar surface area (TPSA) is 50.3 Å². The molecule has 1 aromatic heterocycles. The van der Waals surface area contributed by atoms with Crippen LogP contribution in [0.4, 0.5) is 5.69 Å². The largest absolute Gasteiger partial charge is 0.266 e. The zero-order chi connectivity index (χ0) is 20.6. The summed E-state index contributed by atoms with van der Waals surface area (Å²) >= 11 is 3.56. The van der Waals surface area contributed by atoms with E-state index in [2.05, 4.69) is 40.8 Å². The van der Waals surface area contributed by atoms with Crippen LogP contribution in [0, 0.1) is 0 Å². The zero-order valence-electron chi connectivity index (χ0n) is 16.7. The summed E-state index contributed by atoms with van der Waals surface area (Å²) in [6.07, 6.45) is 2.62. The number of para-hydroxylation sites is 1. The number of pyridine rings is 1. The lowest BCUT2D eigenvalue weighted by Crippen LogP contribution is -2.42. The second-order valence-corrected chi connectivity index (χ2v) is 14.5. The van der Waals surface area contributed by atoms with Gasteiger partial charge in [0.1, 0.15) is 4.90 Å². The Bertz CT molecular complexity index is 1140. The van der Waals surface area contributed by atoms with Gasteiger partial charge >= 0.3 is 0 Å². The minimum atomic E-state index is -3.72. The van der Waals surface area contributed by atoms with Crippen LogP contribution in [0.15, 0.2) is 64.1 Å². The lowest BCUT2D eigenvalue weighted by molar-refractivity contribution is 0.586. The van der Waals surface area contributed by atoms with Crippen LogP contribution in [0.2, 0.25) is 17.6 Å². The summed E-state index contributed by atoms with van der Waals surface area (Å²) in [5, 5.41) is 0.840. The molecule has 1 atom stereocenters. The van der Waals surface area contributed by atoms with E-state index >= 15 is 0 Å². The molecule has 2 heterocycles. The number of hydrogen-bond acceptors (Lipinski definition) is 3. The molecular weight excluding hydrogens is 464 g/mol. The third-order valence-corrected chi connectivity index (χ3v) is 12.3. The van der Waals surface area contributed by atoms with Crippen molar-refractivity contribution in [2.75, 3.05) is 10.8 Å². The van der Waals surface area contributed by atoms with Crippen LogP contribution in [-0.2, 0) is 16.4 Å². The predicted molar refractivity (Wildman–Crippen MR) is 126 cm³/mol. The quantitative estimate of drug-likeness (QED) is 0.452. The van der Waals surface area contributed by atoms with Crippen LogP contribution < -0.4 is 4.31 Å². The highest BCUT2D eigenvalue weighted by molar-refractivity contribution is 9.10. The molecule has 0 saturated carbocycles. The maximum atomic E-state index is 13.9. The average Bonchev–Trinajstić information content (AvgIpc) is 2.73. The van der Waals surface area contributed by atoms with Gasteiger partial charge in [0.2, 0.25) is 0 Å². The minimum absolute atomic E-state index is 0.288. The molecule has 1 aliphatic heterocycles. The molecule has 2 aromatic carbocycles. The van der Waals surface area contributed by atoms with Crippen LogP contribution in [0.25, 0.3) is 10.9 Å². The molecule has 0 fully saturated rings.